The summed E-state index contributed by atoms with van der Waals surface area (Å²) < 4.78 is 15.4. The molecule has 0 fully saturated rings. The Morgan fingerprint density at radius 1 is 1.19 bits per heavy atom. The number of esters is 1. The van der Waals surface area contributed by atoms with Crippen molar-refractivity contribution in [1.29, 1.82) is 0 Å². The van der Waals surface area contributed by atoms with Crippen LogP contribution < -0.4 is 9.47 Å². The lowest BCUT2D eigenvalue weighted by atomic mass is 10.2. The number of hydrogen-bond donors (Lipinski definition) is 0. The van der Waals surface area contributed by atoms with Crippen LogP contribution in [-0.2, 0) is 4.74 Å². The van der Waals surface area contributed by atoms with E-state index < -0.39 is 0 Å². The van der Waals surface area contributed by atoms with E-state index in [1.807, 2.05) is 6.92 Å². The van der Waals surface area contributed by atoms with E-state index in [1.165, 1.54) is 7.11 Å². The Labute approximate surface area is 95.1 Å². The topological polar surface area (TPSA) is 44.8 Å². The number of carbonyl (C=O) groups excluding carboxylic acids is 1. The molecule has 0 bridgehead atoms. The predicted octanol–water partition coefficient (Wildman–Crippen LogP) is 2.27. The van der Waals surface area contributed by atoms with E-state index in [0.29, 0.717) is 30.3 Å². The maximum atomic E-state index is 11.5. The van der Waals surface area contributed by atoms with Crippen molar-refractivity contribution in [3.63, 3.8) is 0 Å². The molecule has 4 heteroatoms. The van der Waals surface area contributed by atoms with Gasteiger partial charge in [0.05, 0.1) is 25.9 Å². The Bertz CT molecular complexity index is 360. The molecule has 0 aliphatic rings. The fraction of sp³-hybridized carbons (Fsp3) is 0.417. The van der Waals surface area contributed by atoms with Crippen molar-refractivity contribution in [3.8, 4) is 11.5 Å². The van der Waals surface area contributed by atoms with Crippen LogP contribution in [0.15, 0.2) is 18.2 Å². The van der Waals surface area contributed by atoms with Gasteiger partial charge in [-0.15, -0.1) is 0 Å². The van der Waals surface area contributed by atoms with Crippen LogP contribution in [0.4, 0.5) is 0 Å². The molecule has 0 amide bonds. The number of methoxy groups -OCH3 is 1. The minimum atomic E-state index is -0.358. The van der Waals surface area contributed by atoms with Crippen LogP contribution in [-0.4, -0.2) is 26.3 Å². The average Bonchev–Trinajstić information content (AvgIpc) is 2.30. The first-order valence-corrected chi connectivity index (χ1v) is 5.20. The SMILES string of the molecule is CCOC(=O)c1ccc(OCC)c(OC)c1. The number of benzene rings is 1. The normalized spacial score (nSPS) is 9.69. The van der Waals surface area contributed by atoms with Gasteiger partial charge in [-0.05, 0) is 32.0 Å². The van der Waals surface area contributed by atoms with E-state index in [4.69, 9.17) is 14.2 Å². The molecule has 1 rings (SSSR count). The number of hydrogen-bond acceptors (Lipinski definition) is 4. The van der Waals surface area contributed by atoms with Crippen LogP contribution >= 0.6 is 0 Å². The second-order valence-corrected chi connectivity index (χ2v) is 3.02. The second kappa shape index (κ2) is 6.00. The van der Waals surface area contributed by atoms with Gasteiger partial charge in [0.1, 0.15) is 0 Å². The molecule has 4 nitrogen and oxygen atoms in total. The minimum absolute atomic E-state index is 0.356. The van der Waals surface area contributed by atoms with E-state index in [2.05, 4.69) is 0 Å². The molecule has 0 aliphatic carbocycles. The van der Waals surface area contributed by atoms with Gasteiger partial charge in [0, 0.05) is 0 Å². The molecule has 0 aromatic heterocycles. The Hall–Kier alpha value is -1.71. The summed E-state index contributed by atoms with van der Waals surface area (Å²) in [5.41, 5.74) is 0.460. The molecule has 0 radical (unpaired) electrons. The maximum Gasteiger partial charge on any atom is 0.338 e. The number of rotatable bonds is 5. The summed E-state index contributed by atoms with van der Waals surface area (Å²) in [6.07, 6.45) is 0. The first-order chi connectivity index (χ1) is 7.72. The van der Waals surface area contributed by atoms with Gasteiger partial charge in [-0.1, -0.05) is 0 Å². The predicted molar refractivity (Wildman–Crippen MR) is 60.1 cm³/mol. The molecule has 0 unspecified atom stereocenters. The molecule has 0 spiro atoms. The molecular formula is C12H16O4. The van der Waals surface area contributed by atoms with Gasteiger partial charge in [-0.25, -0.2) is 4.79 Å². The van der Waals surface area contributed by atoms with Crippen LogP contribution in [0.25, 0.3) is 0 Å². The molecule has 0 atom stereocenters. The Morgan fingerprint density at radius 2 is 1.94 bits per heavy atom. The third kappa shape index (κ3) is 2.89. The fourth-order valence-electron chi connectivity index (χ4n) is 1.28. The lowest BCUT2D eigenvalue weighted by Crippen LogP contribution is -2.05. The summed E-state index contributed by atoms with van der Waals surface area (Å²) in [6, 6.07) is 4.98. The van der Waals surface area contributed by atoms with Crippen LogP contribution in [0.1, 0.15) is 24.2 Å². The molecule has 0 saturated carbocycles. The highest BCUT2D eigenvalue weighted by Crippen LogP contribution is 2.28. The quantitative estimate of drug-likeness (QED) is 0.720. The van der Waals surface area contributed by atoms with E-state index in [0.717, 1.165) is 0 Å². The lowest BCUT2D eigenvalue weighted by Gasteiger charge is -2.10. The smallest absolute Gasteiger partial charge is 0.338 e. The third-order valence-electron chi connectivity index (χ3n) is 1.97. The Balaban J connectivity index is 2.94. The summed E-state index contributed by atoms with van der Waals surface area (Å²) in [6.45, 7) is 4.56. The van der Waals surface area contributed by atoms with Crippen molar-refractivity contribution < 1.29 is 19.0 Å². The van der Waals surface area contributed by atoms with Crippen molar-refractivity contribution in [1.82, 2.24) is 0 Å². The highest BCUT2D eigenvalue weighted by atomic mass is 16.5. The molecule has 16 heavy (non-hydrogen) atoms. The number of carbonyl (C=O) groups is 1. The Morgan fingerprint density at radius 3 is 2.50 bits per heavy atom. The average molecular weight is 224 g/mol. The van der Waals surface area contributed by atoms with Crippen LogP contribution in [0.3, 0.4) is 0 Å². The Kier molecular flexibility index (Phi) is 4.64. The first-order valence-electron chi connectivity index (χ1n) is 5.20. The summed E-state index contributed by atoms with van der Waals surface area (Å²) in [5.74, 6) is 0.800. The van der Waals surface area contributed by atoms with Crippen molar-refractivity contribution >= 4 is 5.97 Å². The van der Waals surface area contributed by atoms with E-state index >= 15 is 0 Å². The summed E-state index contributed by atoms with van der Waals surface area (Å²) in [5, 5.41) is 0. The minimum Gasteiger partial charge on any atom is -0.493 e. The first kappa shape index (κ1) is 12.4. The van der Waals surface area contributed by atoms with Crippen molar-refractivity contribution in [2.24, 2.45) is 0 Å². The largest absolute Gasteiger partial charge is 0.493 e. The molecule has 88 valence electrons. The van der Waals surface area contributed by atoms with Gasteiger partial charge >= 0.3 is 5.97 Å². The molecule has 0 heterocycles. The lowest BCUT2D eigenvalue weighted by molar-refractivity contribution is 0.0526. The zero-order chi connectivity index (χ0) is 12.0. The zero-order valence-electron chi connectivity index (χ0n) is 9.78. The van der Waals surface area contributed by atoms with Gasteiger partial charge < -0.3 is 14.2 Å². The van der Waals surface area contributed by atoms with Crippen molar-refractivity contribution in [2.45, 2.75) is 13.8 Å². The summed E-state index contributed by atoms with van der Waals surface area (Å²) >= 11 is 0. The highest BCUT2D eigenvalue weighted by molar-refractivity contribution is 5.90. The molecule has 1 aromatic carbocycles. The second-order valence-electron chi connectivity index (χ2n) is 3.02. The third-order valence-corrected chi connectivity index (χ3v) is 1.97. The molecule has 0 N–H and O–H groups in total. The maximum absolute atomic E-state index is 11.5. The highest BCUT2D eigenvalue weighted by Gasteiger charge is 2.11. The van der Waals surface area contributed by atoms with Gasteiger partial charge in [0.15, 0.2) is 11.5 Å². The van der Waals surface area contributed by atoms with Gasteiger partial charge in [-0.3, -0.25) is 0 Å². The van der Waals surface area contributed by atoms with Gasteiger partial charge in [0.2, 0.25) is 0 Å². The van der Waals surface area contributed by atoms with E-state index in [9.17, 15) is 4.79 Å². The van der Waals surface area contributed by atoms with Crippen LogP contribution in [0.2, 0.25) is 0 Å². The molecule has 0 saturated heterocycles. The summed E-state index contributed by atoms with van der Waals surface area (Å²) in [7, 11) is 1.53. The molecular weight excluding hydrogens is 208 g/mol. The molecule has 1 aromatic rings. The fourth-order valence-corrected chi connectivity index (χ4v) is 1.28. The van der Waals surface area contributed by atoms with E-state index in [-0.39, 0.29) is 5.97 Å². The van der Waals surface area contributed by atoms with Gasteiger partial charge in [0.25, 0.3) is 0 Å². The standard InChI is InChI=1S/C12H16O4/c1-4-15-10-7-6-9(8-11(10)14-3)12(13)16-5-2/h6-8H,4-5H2,1-3H3. The van der Waals surface area contributed by atoms with Crippen LogP contribution in [0, 0.1) is 0 Å². The zero-order valence-corrected chi connectivity index (χ0v) is 9.78. The van der Waals surface area contributed by atoms with Gasteiger partial charge in [-0.2, -0.15) is 0 Å². The van der Waals surface area contributed by atoms with Crippen molar-refractivity contribution in [2.75, 3.05) is 20.3 Å². The monoisotopic (exact) mass is 224 g/mol. The molecule has 0 aliphatic heterocycles. The summed E-state index contributed by atoms with van der Waals surface area (Å²) in [4.78, 5) is 11.5. The van der Waals surface area contributed by atoms with Crippen molar-refractivity contribution in [3.05, 3.63) is 23.8 Å². The number of ether oxygens (including phenoxy) is 3. The van der Waals surface area contributed by atoms with Crippen LogP contribution in [0.5, 0.6) is 11.5 Å². The van der Waals surface area contributed by atoms with E-state index in [1.54, 1.807) is 25.1 Å².